The summed E-state index contributed by atoms with van der Waals surface area (Å²) in [6, 6.07) is 6.67. The zero-order valence-corrected chi connectivity index (χ0v) is 12.8. The molecule has 0 aromatic heterocycles. The highest BCUT2D eigenvalue weighted by atomic mass is 32.2. The highest BCUT2D eigenvalue weighted by Gasteiger charge is 2.14. The first-order valence-corrected chi connectivity index (χ1v) is 8.49. The van der Waals surface area contributed by atoms with Gasteiger partial charge in [-0.3, -0.25) is 4.79 Å². The topological polar surface area (TPSA) is 54.5 Å². The number of likely N-dealkylation sites (tertiary alicyclic amines) is 1. The monoisotopic (exact) mass is 305 g/mol. The Kier molecular flexibility index (Phi) is 4.96. The fourth-order valence-corrected chi connectivity index (χ4v) is 3.11. The molecule has 0 bridgehead atoms. The molecular weight excluding hydrogens is 286 g/mol. The second-order valence-corrected chi connectivity index (χ2v) is 6.91. The van der Waals surface area contributed by atoms with Crippen LogP contribution in [-0.2, 0) is 14.6 Å². The third-order valence-electron chi connectivity index (χ3n) is 3.37. The molecule has 1 aromatic carbocycles. The average Bonchev–Trinajstić information content (AvgIpc) is 2.98. The standard InChI is InChI=1S/C16H19NO3S/c1-14-7-9-15(10-8-14)21(19,20)13-5-2-6-16(18)17-11-3-4-12-17/h2,5-10,13H,3-4,11-12H2,1H3/b6-2+,13-5+. The molecule has 0 saturated carbocycles. The van der Waals surface area contributed by atoms with Gasteiger partial charge < -0.3 is 4.90 Å². The minimum Gasteiger partial charge on any atom is -0.339 e. The van der Waals surface area contributed by atoms with Gasteiger partial charge in [0.25, 0.3) is 0 Å². The Labute approximate surface area is 125 Å². The maximum atomic E-state index is 12.0. The lowest BCUT2D eigenvalue weighted by Gasteiger charge is -2.11. The summed E-state index contributed by atoms with van der Waals surface area (Å²) in [5, 5.41) is 1.12. The number of carbonyl (C=O) groups excluding carboxylic acids is 1. The molecule has 0 N–H and O–H groups in total. The first-order chi connectivity index (χ1) is 9.99. The first-order valence-electron chi connectivity index (χ1n) is 6.94. The normalized spacial score (nSPS) is 16.1. The quantitative estimate of drug-likeness (QED) is 0.634. The van der Waals surface area contributed by atoms with Gasteiger partial charge >= 0.3 is 0 Å². The summed E-state index contributed by atoms with van der Waals surface area (Å²) >= 11 is 0. The highest BCUT2D eigenvalue weighted by molar-refractivity contribution is 7.94. The summed E-state index contributed by atoms with van der Waals surface area (Å²) in [5.41, 5.74) is 1.01. The van der Waals surface area contributed by atoms with E-state index in [0.717, 1.165) is 36.9 Å². The van der Waals surface area contributed by atoms with Crippen LogP contribution in [0.1, 0.15) is 18.4 Å². The number of rotatable bonds is 4. The number of hydrogen-bond acceptors (Lipinski definition) is 3. The van der Waals surface area contributed by atoms with Gasteiger partial charge in [-0.05, 0) is 31.9 Å². The van der Waals surface area contributed by atoms with E-state index < -0.39 is 9.84 Å². The van der Waals surface area contributed by atoms with Crippen LogP contribution in [0.4, 0.5) is 0 Å². The molecule has 1 aliphatic rings. The fraction of sp³-hybridized carbons (Fsp3) is 0.312. The number of aryl methyl sites for hydroxylation is 1. The Morgan fingerprint density at radius 1 is 1.10 bits per heavy atom. The van der Waals surface area contributed by atoms with Crippen molar-refractivity contribution in [3.63, 3.8) is 0 Å². The molecule has 112 valence electrons. The van der Waals surface area contributed by atoms with Crippen molar-refractivity contribution in [1.29, 1.82) is 0 Å². The number of nitrogens with zero attached hydrogens (tertiary/aromatic N) is 1. The minimum atomic E-state index is -3.45. The van der Waals surface area contributed by atoms with Crippen LogP contribution in [0.15, 0.2) is 52.8 Å². The van der Waals surface area contributed by atoms with Gasteiger partial charge in [-0.1, -0.05) is 29.8 Å². The van der Waals surface area contributed by atoms with Crippen molar-refractivity contribution in [2.45, 2.75) is 24.7 Å². The van der Waals surface area contributed by atoms with Gasteiger partial charge in [-0.25, -0.2) is 8.42 Å². The molecule has 0 spiro atoms. The number of sulfone groups is 1. The third-order valence-corrected chi connectivity index (χ3v) is 4.82. The van der Waals surface area contributed by atoms with E-state index in [-0.39, 0.29) is 10.8 Å². The van der Waals surface area contributed by atoms with Gasteiger partial charge in [0, 0.05) is 24.6 Å². The van der Waals surface area contributed by atoms with Crippen molar-refractivity contribution in [3.8, 4) is 0 Å². The van der Waals surface area contributed by atoms with Gasteiger partial charge in [0.2, 0.25) is 5.91 Å². The third kappa shape index (κ3) is 4.29. The van der Waals surface area contributed by atoms with Crippen molar-refractivity contribution < 1.29 is 13.2 Å². The van der Waals surface area contributed by atoms with Gasteiger partial charge in [0.1, 0.15) is 0 Å². The summed E-state index contributed by atoms with van der Waals surface area (Å²) in [4.78, 5) is 13.7. The van der Waals surface area contributed by atoms with Crippen LogP contribution in [0, 0.1) is 6.92 Å². The molecule has 2 rings (SSSR count). The molecule has 0 unspecified atom stereocenters. The fourth-order valence-electron chi connectivity index (χ4n) is 2.14. The van der Waals surface area contributed by atoms with E-state index in [0.29, 0.717) is 0 Å². The zero-order valence-electron chi connectivity index (χ0n) is 12.0. The van der Waals surface area contributed by atoms with Crippen LogP contribution < -0.4 is 0 Å². The van der Waals surface area contributed by atoms with Gasteiger partial charge in [0.15, 0.2) is 9.84 Å². The Balaban J connectivity index is 1.99. The van der Waals surface area contributed by atoms with E-state index in [9.17, 15) is 13.2 Å². The highest BCUT2D eigenvalue weighted by Crippen LogP contribution is 2.13. The van der Waals surface area contributed by atoms with Crippen LogP contribution in [-0.4, -0.2) is 32.3 Å². The SMILES string of the molecule is Cc1ccc(S(=O)(=O)/C=C/C=C/C(=O)N2CCCC2)cc1. The lowest BCUT2D eigenvalue weighted by Crippen LogP contribution is -2.25. The number of allylic oxidation sites excluding steroid dienone is 2. The van der Waals surface area contributed by atoms with E-state index >= 15 is 0 Å². The van der Waals surface area contributed by atoms with E-state index in [1.165, 1.54) is 18.2 Å². The second kappa shape index (κ2) is 6.72. The number of benzene rings is 1. The zero-order chi connectivity index (χ0) is 15.3. The summed E-state index contributed by atoms with van der Waals surface area (Å²) < 4.78 is 24.1. The van der Waals surface area contributed by atoms with Gasteiger partial charge in [0.05, 0.1) is 4.90 Å². The summed E-state index contributed by atoms with van der Waals surface area (Å²) in [6.07, 6.45) is 6.36. The van der Waals surface area contributed by atoms with Gasteiger partial charge in [-0.15, -0.1) is 0 Å². The lowest BCUT2D eigenvalue weighted by molar-refractivity contribution is -0.124. The summed E-state index contributed by atoms with van der Waals surface area (Å²) in [7, 11) is -3.45. The van der Waals surface area contributed by atoms with Crippen LogP contribution in [0.25, 0.3) is 0 Å². The Hall–Kier alpha value is -1.88. The van der Waals surface area contributed by atoms with Crippen molar-refractivity contribution in [1.82, 2.24) is 4.90 Å². The van der Waals surface area contributed by atoms with Crippen LogP contribution >= 0.6 is 0 Å². The van der Waals surface area contributed by atoms with E-state index in [1.807, 2.05) is 6.92 Å². The van der Waals surface area contributed by atoms with Crippen LogP contribution in [0.2, 0.25) is 0 Å². The Bertz CT molecular complexity index is 651. The van der Waals surface area contributed by atoms with Crippen LogP contribution in [0.3, 0.4) is 0 Å². The predicted octanol–water partition coefficient (Wildman–Crippen LogP) is 2.46. The molecule has 0 radical (unpaired) electrons. The molecule has 1 aromatic rings. The smallest absolute Gasteiger partial charge is 0.246 e. The maximum absolute atomic E-state index is 12.0. The summed E-state index contributed by atoms with van der Waals surface area (Å²) in [6.45, 7) is 3.47. The van der Waals surface area contributed by atoms with E-state index in [4.69, 9.17) is 0 Å². The predicted molar refractivity (Wildman–Crippen MR) is 82.5 cm³/mol. The van der Waals surface area contributed by atoms with Crippen molar-refractivity contribution in [3.05, 3.63) is 53.5 Å². The number of hydrogen-bond donors (Lipinski definition) is 0. The molecule has 4 nitrogen and oxygen atoms in total. The van der Waals surface area contributed by atoms with Crippen molar-refractivity contribution >= 4 is 15.7 Å². The van der Waals surface area contributed by atoms with Crippen molar-refractivity contribution in [2.75, 3.05) is 13.1 Å². The van der Waals surface area contributed by atoms with Crippen LogP contribution in [0.5, 0.6) is 0 Å². The lowest BCUT2D eigenvalue weighted by atomic mass is 10.2. The largest absolute Gasteiger partial charge is 0.339 e. The van der Waals surface area contributed by atoms with Gasteiger partial charge in [-0.2, -0.15) is 0 Å². The minimum absolute atomic E-state index is 0.0649. The van der Waals surface area contributed by atoms with E-state index in [1.54, 1.807) is 29.2 Å². The number of amides is 1. The average molecular weight is 305 g/mol. The molecule has 0 aliphatic carbocycles. The Morgan fingerprint density at radius 3 is 2.33 bits per heavy atom. The molecule has 21 heavy (non-hydrogen) atoms. The molecule has 0 atom stereocenters. The Morgan fingerprint density at radius 2 is 1.71 bits per heavy atom. The molecule has 5 heteroatoms. The molecule has 1 fully saturated rings. The molecular formula is C16H19NO3S. The molecule has 1 heterocycles. The molecule has 1 saturated heterocycles. The molecule has 1 amide bonds. The van der Waals surface area contributed by atoms with E-state index in [2.05, 4.69) is 0 Å². The molecule has 1 aliphatic heterocycles. The maximum Gasteiger partial charge on any atom is 0.246 e. The second-order valence-electron chi connectivity index (χ2n) is 5.08. The number of carbonyl (C=O) groups is 1. The first kappa shape index (κ1) is 15.5. The van der Waals surface area contributed by atoms with Crippen molar-refractivity contribution in [2.24, 2.45) is 0 Å². The summed E-state index contributed by atoms with van der Waals surface area (Å²) in [5.74, 6) is -0.0649.